The van der Waals surface area contributed by atoms with E-state index >= 15 is 0 Å². The SMILES string of the molecule is Cl.O=C(Nc1ccc2c(c1)OCO2)c1cccnc1. The maximum atomic E-state index is 11.9. The quantitative estimate of drug-likeness (QED) is 0.917. The van der Waals surface area contributed by atoms with Gasteiger partial charge in [0.15, 0.2) is 11.5 Å². The molecule has 0 bridgehead atoms. The van der Waals surface area contributed by atoms with Crippen molar-refractivity contribution in [3.05, 3.63) is 48.3 Å². The van der Waals surface area contributed by atoms with E-state index in [9.17, 15) is 4.79 Å². The largest absolute Gasteiger partial charge is 0.454 e. The first-order valence-corrected chi connectivity index (χ1v) is 5.44. The second-order valence-electron chi connectivity index (χ2n) is 3.76. The number of halogens is 1. The summed E-state index contributed by atoms with van der Waals surface area (Å²) in [5, 5.41) is 2.77. The lowest BCUT2D eigenvalue weighted by Crippen LogP contribution is -2.11. The normalized spacial score (nSPS) is 11.6. The summed E-state index contributed by atoms with van der Waals surface area (Å²) in [7, 11) is 0. The smallest absolute Gasteiger partial charge is 0.257 e. The van der Waals surface area contributed by atoms with E-state index in [0.717, 1.165) is 0 Å². The molecule has 1 amide bonds. The second-order valence-corrected chi connectivity index (χ2v) is 3.76. The monoisotopic (exact) mass is 278 g/mol. The molecule has 0 atom stereocenters. The van der Waals surface area contributed by atoms with Crippen molar-refractivity contribution in [2.75, 3.05) is 12.1 Å². The van der Waals surface area contributed by atoms with Crippen LogP contribution in [0.25, 0.3) is 0 Å². The zero-order chi connectivity index (χ0) is 12.4. The Morgan fingerprint density at radius 3 is 2.84 bits per heavy atom. The fourth-order valence-corrected chi connectivity index (χ4v) is 1.67. The summed E-state index contributed by atoms with van der Waals surface area (Å²) in [4.78, 5) is 15.8. The number of aromatic nitrogens is 1. The second kappa shape index (κ2) is 5.58. The Balaban J connectivity index is 0.00000133. The number of hydrogen-bond donors (Lipinski definition) is 1. The standard InChI is InChI=1S/C13H10N2O3.ClH/c16-13(9-2-1-5-14-7-9)15-10-3-4-11-12(6-10)18-8-17-11;/h1-7H,8H2,(H,15,16);1H. The van der Waals surface area contributed by atoms with Crippen molar-refractivity contribution < 1.29 is 14.3 Å². The van der Waals surface area contributed by atoms with Crippen LogP contribution >= 0.6 is 12.4 Å². The molecule has 6 heteroatoms. The van der Waals surface area contributed by atoms with Crippen molar-refractivity contribution in [3.8, 4) is 11.5 Å². The highest BCUT2D eigenvalue weighted by molar-refractivity contribution is 6.04. The van der Waals surface area contributed by atoms with Crippen LogP contribution in [0.2, 0.25) is 0 Å². The number of amides is 1. The van der Waals surface area contributed by atoms with Crippen molar-refractivity contribution in [2.24, 2.45) is 0 Å². The molecule has 3 rings (SSSR count). The molecule has 1 aromatic heterocycles. The predicted molar refractivity (Wildman–Crippen MR) is 72.0 cm³/mol. The molecule has 5 nitrogen and oxygen atoms in total. The molecule has 0 aliphatic carbocycles. The highest BCUT2D eigenvalue weighted by Crippen LogP contribution is 2.34. The number of anilines is 1. The summed E-state index contributed by atoms with van der Waals surface area (Å²) in [6.07, 6.45) is 3.14. The van der Waals surface area contributed by atoms with Gasteiger partial charge in [0, 0.05) is 24.1 Å². The van der Waals surface area contributed by atoms with Crippen LogP contribution in [0.5, 0.6) is 11.5 Å². The number of benzene rings is 1. The molecule has 0 unspecified atom stereocenters. The maximum Gasteiger partial charge on any atom is 0.257 e. The van der Waals surface area contributed by atoms with Crippen molar-refractivity contribution in [2.45, 2.75) is 0 Å². The molecule has 19 heavy (non-hydrogen) atoms. The van der Waals surface area contributed by atoms with E-state index in [1.807, 2.05) is 0 Å². The van der Waals surface area contributed by atoms with Crippen LogP contribution < -0.4 is 14.8 Å². The molecule has 0 saturated carbocycles. The molecule has 1 aliphatic rings. The van der Waals surface area contributed by atoms with Crippen molar-refractivity contribution in [3.63, 3.8) is 0 Å². The Hall–Kier alpha value is -2.27. The molecule has 98 valence electrons. The molecule has 2 heterocycles. The summed E-state index contributed by atoms with van der Waals surface area (Å²) < 4.78 is 10.4. The third-order valence-electron chi connectivity index (χ3n) is 2.55. The summed E-state index contributed by atoms with van der Waals surface area (Å²) >= 11 is 0. The molecule has 2 aromatic rings. The van der Waals surface area contributed by atoms with Crippen LogP contribution in [0.3, 0.4) is 0 Å². The van der Waals surface area contributed by atoms with Gasteiger partial charge in [-0.25, -0.2) is 0 Å². The number of pyridine rings is 1. The number of rotatable bonds is 2. The fourth-order valence-electron chi connectivity index (χ4n) is 1.67. The van der Waals surface area contributed by atoms with E-state index in [0.29, 0.717) is 22.7 Å². The zero-order valence-electron chi connectivity index (χ0n) is 9.83. The molecular formula is C13H11ClN2O3. The van der Waals surface area contributed by atoms with Gasteiger partial charge in [-0.05, 0) is 24.3 Å². The van der Waals surface area contributed by atoms with Crippen LogP contribution in [0.4, 0.5) is 5.69 Å². The highest BCUT2D eigenvalue weighted by Gasteiger charge is 2.14. The van der Waals surface area contributed by atoms with Crippen LogP contribution in [-0.2, 0) is 0 Å². The third kappa shape index (κ3) is 2.77. The van der Waals surface area contributed by atoms with Crippen molar-refractivity contribution in [1.29, 1.82) is 0 Å². The number of hydrogen-bond acceptors (Lipinski definition) is 4. The van der Waals surface area contributed by atoms with Gasteiger partial charge in [0.05, 0.1) is 5.56 Å². The van der Waals surface area contributed by atoms with Crippen molar-refractivity contribution >= 4 is 24.0 Å². The number of fused-ring (bicyclic) bond motifs is 1. The maximum absolute atomic E-state index is 11.9. The number of nitrogens with zero attached hydrogens (tertiary/aromatic N) is 1. The average molecular weight is 279 g/mol. The zero-order valence-corrected chi connectivity index (χ0v) is 10.6. The van der Waals surface area contributed by atoms with E-state index in [1.54, 1.807) is 36.5 Å². The summed E-state index contributed by atoms with van der Waals surface area (Å²) in [5.74, 6) is 1.12. The lowest BCUT2D eigenvalue weighted by atomic mass is 10.2. The Labute approximate surface area is 116 Å². The number of nitrogens with one attached hydrogen (secondary N) is 1. The molecule has 1 aromatic carbocycles. The average Bonchev–Trinajstić information content (AvgIpc) is 2.87. The molecule has 0 fully saturated rings. The molecule has 0 radical (unpaired) electrons. The summed E-state index contributed by atoms with van der Waals surface area (Å²) in [6.45, 7) is 0.218. The van der Waals surface area contributed by atoms with Gasteiger partial charge in [-0.1, -0.05) is 0 Å². The van der Waals surface area contributed by atoms with Gasteiger partial charge in [0.2, 0.25) is 6.79 Å². The first-order chi connectivity index (χ1) is 8.83. The third-order valence-corrected chi connectivity index (χ3v) is 2.55. The van der Waals surface area contributed by atoms with Gasteiger partial charge >= 0.3 is 0 Å². The van der Waals surface area contributed by atoms with Crippen LogP contribution in [0.15, 0.2) is 42.7 Å². The fraction of sp³-hybridized carbons (Fsp3) is 0.0769. The number of ether oxygens (including phenoxy) is 2. The van der Waals surface area contributed by atoms with E-state index in [-0.39, 0.29) is 25.1 Å². The number of carbonyl (C=O) groups is 1. The molecule has 0 saturated heterocycles. The van der Waals surface area contributed by atoms with Gasteiger partial charge < -0.3 is 14.8 Å². The minimum Gasteiger partial charge on any atom is -0.454 e. The predicted octanol–water partition coefficient (Wildman–Crippen LogP) is 2.48. The molecule has 1 aliphatic heterocycles. The topological polar surface area (TPSA) is 60.5 Å². The Bertz CT molecular complexity index is 590. The van der Waals surface area contributed by atoms with Crippen LogP contribution in [0.1, 0.15) is 10.4 Å². The summed E-state index contributed by atoms with van der Waals surface area (Å²) in [5.41, 5.74) is 1.17. The first kappa shape index (κ1) is 13.2. The van der Waals surface area contributed by atoms with E-state index in [4.69, 9.17) is 9.47 Å². The molecular weight excluding hydrogens is 268 g/mol. The van der Waals surface area contributed by atoms with Gasteiger partial charge in [0.1, 0.15) is 0 Å². The van der Waals surface area contributed by atoms with Crippen molar-refractivity contribution in [1.82, 2.24) is 4.98 Å². The lowest BCUT2D eigenvalue weighted by Gasteiger charge is -2.05. The lowest BCUT2D eigenvalue weighted by molar-refractivity contribution is 0.102. The minimum absolute atomic E-state index is 0. The van der Waals surface area contributed by atoms with Crippen LogP contribution in [0, 0.1) is 0 Å². The van der Waals surface area contributed by atoms with Gasteiger partial charge in [-0.3, -0.25) is 9.78 Å². The molecule has 0 spiro atoms. The van der Waals surface area contributed by atoms with E-state index in [2.05, 4.69) is 10.3 Å². The van der Waals surface area contributed by atoms with E-state index in [1.165, 1.54) is 6.20 Å². The minimum atomic E-state index is -0.207. The van der Waals surface area contributed by atoms with Crippen LogP contribution in [-0.4, -0.2) is 17.7 Å². The highest BCUT2D eigenvalue weighted by atomic mass is 35.5. The Morgan fingerprint density at radius 1 is 1.21 bits per heavy atom. The Morgan fingerprint density at radius 2 is 2.05 bits per heavy atom. The first-order valence-electron chi connectivity index (χ1n) is 5.44. The van der Waals surface area contributed by atoms with Gasteiger partial charge in [-0.2, -0.15) is 0 Å². The number of carbonyl (C=O) groups excluding carboxylic acids is 1. The molecule has 1 N–H and O–H groups in total. The summed E-state index contributed by atoms with van der Waals surface area (Å²) in [6, 6.07) is 8.68. The van der Waals surface area contributed by atoms with Gasteiger partial charge in [-0.15, -0.1) is 12.4 Å². The Kier molecular flexibility index (Phi) is 3.87. The van der Waals surface area contributed by atoms with Gasteiger partial charge in [0.25, 0.3) is 5.91 Å². The van der Waals surface area contributed by atoms with E-state index < -0.39 is 0 Å².